The van der Waals surface area contributed by atoms with E-state index in [2.05, 4.69) is 44.5 Å². The van der Waals surface area contributed by atoms with Crippen LogP contribution in [0.25, 0.3) is 0 Å². The van der Waals surface area contributed by atoms with Gasteiger partial charge in [-0.3, -0.25) is 0 Å². The van der Waals surface area contributed by atoms with E-state index in [9.17, 15) is 0 Å². The first-order valence-corrected chi connectivity index (χ1v) is 4.02. The summed E-state index contributed by atoms with van der Waals surface area (Å²) in [6.07, 6.45) is 3.21. The van der Waals surface area contributed by atoms with E-state index in [0.29, 0.717) is 5.92 Å². The van der Waals surface area contributed by atoms with Crippen LogP contribution < -0.4 is 0 Å². The molecule has 1 unspecified atom stereocenters. The minimum absolute atomic E-state index is 0.581. The van der Waals surface area contributed by atoms with Crippen LogP contribution in [-0.2, 0) is 0 Å². The third-order valence-electron chi connectivity index (χ3n) is 1.73. The summed E-state index contributed by atoms with van der Waals surface area (Å²) in [7, 11) is 0. The van der Waals surface area contributed by atoms with Gasteiger partial charge in [-0.05, 0) is 17.9 Å². The van der Waals surface area contributed by atoms with Crippen molar-refractivity contribution in [3.63, 3.8) is 0 Å². The molecule has 0 heteroatoms. The van der Waals surface area contributed by atoms with E-state index in [1.807, 2.05) is 6.07 Å². The second-order valence-electron chi connectivity index (χ2n) is 2.84. The van der Waals surface area contributed by atoms with Crippen molar-refractivity contribution in [2.24, 2.45) is 5.92 Å². The van der Waals surface area contributed by atoms with Crippen molar-refractivity contribution in [1.29, 1.82) is 0 Å². The molecule has 11 heavy (non-hydrogen) atoms. The summed E-state index contributed by atoms with van der Waals surface area (Å²) in [5.41, 5.74) is 1.30. The van der Waals surface area contributed by atoms with Crippen molar-refractivity contribution >= 4 is 0 Å². The molecule has 0 bridgehead atoms. The van der Waals surface area contributed by atoms with Crippen molar-refractivity contribution in [1.82, 2.24) is 0 Å². The predicted molar refractivity (Wildman–Crippen MR) is 49.0 cm³/mol. The Morgan fingerprint density at radius 3 is 2.55 bits per heavy atom. The van der Waals surface area contributed by atoms with Gasteiger partial charge in [0, 0.05) is 0 Å². The first-order chi connectivity index (χ1) is 5.33. The van der Waals surface area contributed by atoms with Crippen LogP contribution in [0, 0.1) is 19.3 Å². The highest BCUT2D eigenvalue weighted by Gasteiger charge is 1.99. The quantitative estimate of drug-likeness (QED) is 0.614. The second-order valence-corrected chi connectivity index (χ2v) is 2.84. The lowest BCUT2D eigenvalue weighted by molar-refractivity contribution is 0.697. The largest absolute Gasteiger partial charge is 0.0622 e. The molecule has 0 aromatic heterocycles. The summed E-state index contributed by atoms with van der Waals surface area (Å²) < 4.78 is 0. The van der Waals surface area contributed by atoms with Gasteiger partial charge in [0.05, 0.1) is 0 Å². The molecule has 0 amide bonds. The van der Waals surface area contributed by atoms with Gasteiger partial charge in [-0.15, -0.1) is 0 Å². The summed E-state index contributed by atoms with van der Waals surface area (Å²) in [5.74, 6) is 0.581. The monoisotopic (exact) mass is 146 g/mol. The van der Waals surface area contributed by atoms with Gasteiger partial charge in [0.15, 0.2) is 0 Å². The minimum Gasteiger partial charge on any atom is -0.0622 e. The number of hydrogen-bond acceptors (Lipinski definition) is 0. The van der Waals surface area contributed by atoms with Crippen LogP contribution in [0.4, 0.5) is 0 Å². The van der Waals surface area contributed by atoms with Gasteiger partial charge in [0.1, 0.15) is 0 Å². The Labute approximate surface area is 69.3 Å². The lowest BCUT2D eigenvalue weighted by Crippen LogP contribution is -1.93. The van der Waals surface area contributed by atoms with Crippen molar-refractivity contribution in [3.8, 4) is 0 Å². The molecule has 0 aliphatic carbocycles. The van der Waals surface area contributed by atoms with E-state index in [-0.39, 0.29) is 0 Å². The molecule has 1 rings (SSSR count). The summed E-state index contributed by atoms with van der Waals surface area (Å²) in [6, 6.07) is 10.4. The smallest absolute Gasteiger partial charge is 0.00648 e. The highest BCUT2D eigenvalue weighted by molar-refractivity contribution is 5.23. The van der Waals surface area contributed by atoms with Gasteiger partial charge in [0.2, 0.25) is 0 Å². The van der Waals surface area contributed by atoms with Gasteiger partial charge in [-0.1, -0.05) is 50.6 Å². The van der Waals surface area contributed by atoms with Gasteiger partial charge in [-0.25, -0.2) is 0 Å². The molecule has 58 valence electrons. The van der Waals surface area contributed by atoms with Crippen LogP contribution >= 0.6 is 0 Å². The SMILES string of the molecule is [CH2]CC(C)[CH]c1ccccc1. The average molecular weight is 146 g/mol. The topological polar surface area (TPSA) is 0 Å². The Morgan fingerprint density at radius 2 is 2.00 bits per heavy atom. The fourth-order valence-electron chi connectivity index (χ4n) is 0.976. The first-order valence-electron chi connectivity index (χ1n) is 4.02. The van der Waals surface area contributed by atoms with Gasteiger partial charge in [-0.2, -0.15) is 0 Å². The maximum atomic E-state index is 3.85. The third-order valence-corrected chi connectivity index (χ3v) is 1.73. The van der Waals surface area contributed by atoms with Gasteiger partial charge in [0.25, 0.3) is 0 Å². The number of hydrogen-bond donors (Lipinski definition) is 0. The molecule has 0 nitrogen and oxygen atoms in total. The standard InChI is InChI=1S/C11H14/c1-3-10(2)9-11-7-5-4-6-8-11/h4-10H,1,3H2,2H3. The molecular weight excluding hydrogens is 132 g/mol. The summed E-state index contributed by atoms with van der Waals surface area (Å²) in [5, 5.41) is 0. The van der Waals surface area contributed by atoms with Crippen LogP contribution in [-0.4, -0.2) is 0 Å². The van der Waals surface area contributed by atoms with Crippen molar-refractivity contribution in [2.75, 3.05) is 0 Å². The molecule has 0 fully saturated rings. The van der Waals surface area contributed by atoms with Gasteiger partial charge < -0.3 is 0 Å². The molecule has 0 saturated heterocycles. The Kier molecular flexibility index (Phi) is 3.15. The molecule has 0 saturated carbocycles. The fraction of sp³-hybridized carbons (Fsp3) is 0.273. The average Bonchev–Trinajstić information content (AvgIpc) is 2.06. The lowest BCUT2D eigenvalue weighted by Gasteiger charge is -2.06. The second kappa shape index (κ2) is 4.17. The van der Waals surface area contributed by atoms with E-state index in [4.69, 9.17) is 0 Å². The van der Waals surface area contributed by atoms with Crippen LogP contribution in [0.5, 0.6) is 0 Å². The van der Waals surface area contributed by atoms with Crippen LogP contribution in [0.3, 0.4) is 0 Å². The molecule has 1 aromatic carbocycles. The van der Waals surface area contributed by atoms with E-state index in [0.717, 1.165) is 6.42 Å². The zero-order valence-corrected chi connectivity index (χ0v) is 6.96. The summed E-state index contributed by atoms with van der Waals surface area (Å²) in [4.78, 5) is 0. The minimum atomic E-state index is 0.581. The normalized spacial score (nSPS) is 12.9. The summed E-state index contributed by atoms with van der Waals surface area (Å²) >= 11 is 0. The molecule has 1 atom stereocenters. The van der Waals surface area contributed by atoms with Crippen LogP contribution in [0.15, 0.2) is 30.3 Å². The van der Waals surface area contributed by atoms with E-state index in [1.165, 1.54) is 5.56 Å². The van der Waals surface area contributed by atoms with Crippen LogP contribution in [0.2, 0.25) is 0 Å². The Balaban J connectivity index is 2.51. The molecule has 1 aromatic rings. The van der Waals surface area contributed by atoms with E-state index >= 15 is 0 Å². The van der Waals surface area contributed by atoms with Crippen molar-refractivity contribution in [2.45, 2.75) is 13.3 Å². The van der Waals surface area contributed by atoms with E-state index in [1.54, 1.807) is 0 Å². The van der Waals surface area contributed by atoms with Crippen LogP contribution in [0.1, 0.15) is 18.9 Å². The zero-order valence-electron chi connectivity index (χ0n) is 6.96. The molecule has 0 aliphatic heterocycles. The van der Waals surface area contributed by atoms with Crippen molar-refractivity contribution < 1.29 is 0 Å². The lowest BCUT2D eigenvalue weighted by atomic mass is 9.99. The molecular formula is C11H14. The molecule has 0 spiro atoms. The Bertz CT molecular complexity index is 188. The molecule has 0 heterocycles. The third kappa shape index (κ3) is 2.75. The molecule has 0 aliphatic rings. The van der Waals surface area contributed by atoms with Crippen molar-refractivity contribution in [3.05, 3.63) is 49.2 Å². The predicted octanol–water partition coefficient (Wildman–Crippen LogP) is 3.10. The Morgan fingerprint density at radius 1 is 1.36 bits per heavy atom. The zero-order chi connectivity index (χ0) is 8.10. The molecule has 2 radical (unpaired) electrons. The maximum absolute atomic E-state index is 3.85. The van der Waals surface area contributed by atoms with E-state index < -0.39 is 0 Å². The fourth-order valence-corrected chi connectivity index (χ4v) is 0.976. The first kappa shape index (κ1) is 8.32. The Hall–Kier alpha value is -0.780. The summed E-state index contributed by atoms with van der Waals surface area (Å²) in [6.45, 7) is 6.03. The van der Waals surface area contributed by atoms with Gasteiger partial charge >= 0.3 is 0 Å². The highest BCUT2D eigenvalue weighted by atomic mass is 14.0. The number of rotatable bonds is 3. The number of benzene rings is 1. The maximum Gasteiger partial charge on any atom is -0.00648 e. The highest BCUT2D eigenvalue weighted by Crippen LogP contribution is 2.12. The molecule has 0 N–H and O–H groups in total.